The van der Waals surface area contributed by atoms with Gasteiger partial charge in [-0.2, -0.15) is 0 Å². The molecule has 2 unspecified atom stereocenters. The topological polar surface area (TPSA) is 78.9 Å². The van der Waals surface area contributed by atoms with Crippen LogP contribution >= 0.6 is 23.2 Å². The predicted octanol–water partition coefficient (Wildman–Crippen LogP) is 8.64. The second-order valence-electron chi connectivity index (χ2n) is 10.9. The minimum Gasteiger partial charge on any atom is -0.481 e. The molecule has 4 aromatic carbocycles. The van der Waals surface area contributed by atoms with Crippen LogP contribution in [0.2, 0.25) is 10.0 Å². The number of benzene rings is 4. The molecule has 0 fully saturated rings. The van der Waals surface area contributed by atoms with Crippen molar-refractivity contribution in [2.24, 2.45) is 5.92 Å². The summed E-state index contributed by atoms with van der Waals surface area (Å²) in [5, 5.41) is 12.9. The zero-order valence-corrected chi connectivity index (χ0v) is 27.1. The van der Waals surface area contributed by atoms with E-state index in [4.69, 9.17) is 33.0 Å². The number of carbonyl (C=O) groups is 2. The van der Waals surface area contributed by atoms with Crippen molar-refractivity contribution in [2.75, 3.05) is 26.0 Å². The largest absolute Gasteiger partial charge is 0.481 e. The molecule has 0 amide bonds. The number of carbonyl (C=O) groups excluding carboxylic acids is 1. The molecular weight excluding hydrogens is 595 g/mol. The van der Waals surface area contributed by atoms with Gasteiger partial charge in [0.25, 0.3) is 0 Å². The molecule has 0 aliphatic carbocycles. The second-order valence-corrected chi connectivity index (χ2v) is 11.7. The van der Waals surface area contributed by atoms with E-state index in [1.165, 1.54) is 5.56 Å². The minimum atomic E-state index is -0.889. The van der Waals surface area contributed by atoms with Gasteiger partial charge in [0.15, 0.2) is 0 Å². The number of aliphatic carboxylic acids is 1. The van der Waals surface area contributed by atoms with Gasteiger partial charge < -0.3 is 20.1 Å². The molecule has 0 aliphatic heterocycles. The maximum absolute atomic E-state index is 12.3. The minimum absolute atomic E-state index is 0.0642. The summed E-state index contributed by atoms with van der Waals surface area (Å²) >= 11 is 12.1. The number of anilines is 2. The maximum atomic E-state index is 12.3. The Balaban J connectivity index is 0.000000249. The fraction of sp³-hybridized carbons (Fsp3) is 0.278. The first-order valence-electron chi connectivity index (χ1n) is 14.5. The van der Waals surface area contributed by atoms with Gasteiger partial charge in [0.2, 0.25) is 0 Å². The second kappa shape index (κ2) is 16.9. The van der Waals surface area contributed by atoms with Gasteiger partial charge in [-0.1, -0.05) is 122 Å². The smallest absolute Gasteiger partial charge is 0.307 e. The lowest BCUT2D eigenvalue weighted by Crippen LogP contribution is -2.44. The maximum Gasteiger partial charge on any atom is 0.307 e. The van der Waals surface area contributed by atoms with Gasteiger partial charge in [0.05, 0.1) is 22.2 Å². The molecule has 44 heavy (non-hydrogen) atoms. The third-order valence-electron chi connectivity index (χ3n) is 7.17. The number of halogens is 2. The summed E-state index contributed by atoms with van der Waals surface area (Å²) in [5.74, 6) is -0.912. The van der Waals surface area contributed by atoms with Crippen LogP contribution in [0.4, 0.5) is 11.4 Å². The molecule has 4 aromatic rings. The van der Waals surface area contributed by atoms with Crippen molar-refractivity contribution in [3.63, 3.8) is 0 Å². The summed E-state index contributed by atoms with van der Waals surface area (Å²) in [5.41, 5.74) is 3.46. The van der Waals surface area contributed by atoms with Crippen molar-refractivity contribution >= 4 is 46.5 Å². The van der Waals surface area contributed by atoms with Crippen LogP contribution in [0, 0.1) is 5.92 Å². The van der Waals surface area contributed by atoms with Crippen molar-refractivity contribution in [2.45, 2.75) is 38.7 Å². The molecular formula is C36H40Cl2N2O4. The van der Waals surface area contributed by atoms with E-state index in [0.29, 0.717) is 39.8 Å². The lowest BCUT2D eigenvalue weighted by Gasteiger charge is -2.40. The highest BCUT2D eigenvalue weighted by Crippen LogP contribution is 2.38. The van der Waals surface area contributed by atoms with E-state index in [1.807, 2.05) is 49.4 Å². The van der Waals surface area contributed by atoms with E-state index in [-0.39, 0.29) is 18.3 Å². The third kappa shape index (κ3) is 9.84. The Morgan fingerprint density at radius 3 is 2.00 bits per heavy atom. The number of para-hydroxylation sites is 2. The lowest BCUT2D eigenvalue weighted by atomic mass is 9.77. The predicted molar refractivity (Wildman–Crippen MR) is 180 cm³/mol. The Bertz CT molecular complexity index is 1480. The Hall–Kier alpha value is -3.84. The van der Waals surface area contributed by atoms with Crippen LogP contribution in [0.3, 0.4) is 0 Å². The van der Waals surface area contributed by atoms with Crippen molar-refractivity contribution in [1.29, 1.82) is 0 Å². The lowest BCUT2D eigenvalue weighted by molar-refractivity contribution is -0.168. The molecule has 8 heteroatoms. The van der Waals surface area contributed by atoms with E-state index >= 15 is 0 Å². The molecule has 232 valence electrons. The van der Waals surface area contributed by atoms with Gasteiger partial charge in [0.1, 0.15) is 5.60 Å². The van der Waals surface area contributed by atoms with Crippen LogP contribution in [0.5, 0.6) is 0 Å². The first-order chi connectivity index (χ1) is 21.1. The summed E-state index contributed by atoms with van der Waals surface area (Å²) in [6.45, 7) is 4.84. The molecule has 0 heterocycles. The number of nitrogens with one attached hydrogen (secondary N) is 1. The van der Waals surface area contributed by atoms with Gasteiger partial charge in [-0.3, -0.25) is 9.59 Å². The molecule has 0 bridgehead atoms. The van der Waals surface area contributed by atoms with E-state index in [9.17, 15) is 9.59 Å². The van der Waals surface area contributed by atoms with Gasteiger partial charge in [-0.25, -0.2) is 0 Å². The van der Waals surface area contributed by atoms with E-state index in [1.54, 1.807) is 36.4 Å². The van der Waals surface area contributed by atoms with Gasteiger partial charge in [-0.15, -0.1) is 0 Å². The first kappa shape index (κ1) is 34.6. The summed E-state index contributed by atoms with van der Waals surface area (Å²) in [6.07, 6.45) is 0.974. The molecule has 6 nitrogen and oxygen atoms in total. The average Bonchev–Trinajstić information content (AvgIpc) is 3.00. The quantitative estimate of drug-likeness (QED) is 0.152. The molecule has 0 saturated carbocycles. The highest BCUT2D eigenvalue weighted by Gasteiger charge is 2.42. The van der Waals surface area contributed by atoms with E-state index < -0.39 is 11.6 Å². The fourth-order valence-electron chi connectivity index (χ4n) is 5.06. The van der Waals surface area contributed by atoms with Crippen molar-refractivity contribution in [3.8, 4) is 0 Å². The standard InChI is InChI=1S/C22H29NO2.C14H11Cl2NO2/c1-5-21(24)25-22(18(2)17-23(3)4,20-14-10-7-11-15-20)16-19-12-8-6-9-13-19;15-10-5-3-6-11(16)14(10)17-12-7-2-1-4-9(12)8-13(18)19/h6-15,18H,5,16-17H2,1-4H3;1-7,17H,8H2,(H,18,19). The Labute approximate surface area is 270 Å². The van der Waals surface area contributed by atoms with Crippen LogP contribution < -0.4 is 5.32 Å². The number of carboxylic acid groups (broad SMARTS) is 1. The summed E-state index contributed by atoms with van der Waals surface area (Å²) < 4.78 is 6.17. The van der Waals surface area contributed by atoms with Crippen molar-refractivity contribution in [1.82, 2.24) is 4.90 Å². The third-order valence-corrected chi connectivity index (χ3v) is 7.80. The first-order valence-corrected chi connectivity index (χ1v) is 15.3. The molecule has 0 spiro atoms. The van der Waals surface area contributed by atoms with Crippen LogP contribution in [-0.4, -0.2) is 42.6 Å². The van der Waals surface area contributed by atoms with Crippen molar-refractivity contribution < 1.29 is 19.4 Å². The Kier molecular flexibility index (Phi) is 13.3. The number of hydrogen-bond acceptors (Lipinski definition) is 5. The molecule has 0 radical (unpaired) electrons. The monoisotopic (exact) mass is 634 g/mol. The number of nitrogens with zero attached hydrogens (tertiary/aromatic N) is 1. The van der Waals surface area contributed by atoms with Gasteiger partial charge in [0, 0.05) is 31.0 Å². The Morgan fingerprint density at radius 1 is 0.864 bits per heavy atom. The molecule has 0 aliphatic rings. The number of hydrogen-bond donors (Lipinski definition) is 2. The molecule has 4 rings (SSSR count). The van der Waals surface area contributed by atoms with Crippen LogP contribution in [-0.2, 0) is 32.8 Å². The Morgan fingerprint density at radius 2 is 1.43 bits per heavy atom. The SMILES string of the molecule is CCC(=O)OC(Cc1ccccc1)(c1ccccc1)C(C)CN(C)C.O=C(O)Cc1ccccc1Nc1c(Cl)cccc1Cl. The van der Waals surface area contributed by atoms with E-state index in [2.05, 4.69) is 55.5 Å². The molecule has 0 aromatic heterocycles. The number of ether oxygens (including phenoxy) is 1. The number of carboxylic acids is 1. The zero-order valence-electron chi connectivity index (χ0n) is 25.6. The van der Waals surface area contributed by atoms with Crippen LogP contribution in [0.1, 0.15) is 37.0 Å². The van der Waals surface area contributed by atoms with Gasteiger partial charge >= 0.3 is 11.9 Å². The highest BCUT2D eigenvalue weighted by molar-refractivity contribution is 6.39. The number of esters is 1. The van der Waals surface area contributed by atoms with E-state index in [0.717, 1.165) is 12.1 Å². The average molecular weight is 636 g/mol. The van der Waals surface area contributed by atoms with Crippen LogP contribution in [0.25, 0.3) is 0 Å². The summed E-state index contributed by atoms with van der Waals surface area (Å²) in [6, 6.07) is 32.8. The molecule has 2 atom stereocenters. The number of rotatable bonds is 12. The fourth-order valence-corrected chi connectivity index (χ4v) is 5.55. The summed E-state index contributed by atoms with van der Waals surface area (Å²) in [4.78, 5) is 25.3. The summed E-state index contributed by atoms with van der Waals surface area (Å²) in [7, 11) is 4.10. The zero-order chi connectivity index (χ0) is 32.1. The molecule has 0 saturated heterocycles. The van der Waals surface area contributed by atoms with Crippen LogP contribution in [0.15, 0.2) is 103 Å². The normalized spacial score (nSPS) is 12.8. The van der Waals surface area contributed by atoms with Crippen molar-refractivity contribution in [3.05, 3.63) is 130 Å². The van der Waals surface area contributed by atoms with Gasteiger partial charge in [-0.05, 0) is 49.0 Å². The molecule has 2 N–H and O–H groups in total. The highest BCUT2D eigenvalue weighted by atomic mass is 35.5.